The average molecular weight is 276 g/mol. The minimum atomic E-state index is -0.00849. The van der Waals surface area contributed by atoms with Gasteiger partial charge < -0.3 is 4.90 Å². The van der Waals surface area contributed by atoms with Crippen LogP contribution in [-0.2, 0) is 4.79 Å². The number of benzene rings is 1. The number of nitrogens with one attached hydrogen (secondary N) is 1. The van der Waals surface area contributed by atoms with Gasteiger partial charge in [0.05, 0.1) is 6.04 Å². The second-order valence-corrected chi connectivity index (χ2v) is 6.16. The van der Waals surface area contributed by atoms with Crippen LogP contribution in [0.25, 0.3) is 0 Å². The van der Waals surface area contributed by atoms with Crippen LogP contribution < -0.4 is 5.32 Å². The summed E-state index contributed by atoms with van der Waals surface area (Å²) in [4.78, 5) is 15.7. The molecule has 1 heterocycles. The highest BCUT2D eigenvalue weighted by atomic mass is 32.2. The molecule has 0 radical (unpaired) electrons. The van der Waals surface area contributed by atoms with Crippen molar-refractivity contribution in [2.45, 2.75) is 49.3 Å². The predicted octanol–water partition coefficient (Wildman–Crippen LogP) is 2.78. The molecule has 2 fully saturated rings. The zero-order chi connectivity index (χ0) is 13.4. The Morgan fingerprint density at radius 1 is 1.32 bits per heavy atom. The van der Waals surface area contributed by atoms with Gasteiger partial charge in [-0.1, -0.05) is 19.1 Å². The Hall–Kier alpha value is -1.00. The van der Waals surface area contributed by atoms with Crippen LogP contribution in [-0.4, -0.2) is 29.1 Å². The van der Waals surface area contributed by atoms with E-state index in [4.69, 9.17) is 0 Å². The van der Waals surface area contributed by atoms with Crippen LogP contribution in [0.4, 0.5) is 0 Å². The number of nitrogens with zero attached hydrogens (tertiary/aromatic N) is 1. The van der Waals surface area contributed by atoms with Crippen LogP contribution >= 0.6 is 11.8 Å². The molecule has 4 heteroatoms. The van der Waals surface area contributed by atoms with E-state index in [1.807, 2.05) is 0 Å². The Labute approximate surface area is 118 Å². The smallest absolute Gasteiger partial charge is 0.241 e. The molecule has 1 aliphatic carbocycles. The molecule has 1 aromatic carbocycles. The molecule has 3 nitrogen and oxygen atoms in total. The number of rotatable bonds is 4. The maximum atomic E-state index is 12.4. The number of hydrogen-bond donors (Lipinski definition) is 1. The lowest BCUT2D eigenvalue weighted by Crippen LogP contribution is -2.32. The summed E-state index contributed by atoms with van der Waals surface area (Å²) >= 11 is 1.74. The van der Waals surface area contributed by atoms with Crippen molar-refractivity contribution in [3.63, 3.8) is 0 Å². The number of carbonyl (C=O) groups is 1. The Kier molecular flexibility index (Phi) is 3.54. The minimum absolute atomic E-state index is 0.00849. The maximum Gasteiger partial charge on any atom is 0.241 e. The van der Waals surface area contributed by atoms with Crippen LogP contribution in [0, 0.1) is 0 Å². The number of carbonyl (C=O) groups excluding carboxylic acids is 1. The predicted molar refractivity (Wildman–Crippen MR) is 78.0 cm³/mol. The van der Waals surface area contributed by atoms with E-state index in [1.54, 1.807) is 11.8 Å². The van der Waals surface area contributed by atoms with Gasteiger partial charge in [0, 0.05) is 10.9 Å². The van der Waals surface area contributed by atoms with E-state index in [-0.39, 0.29) is 18.1 Å². The van der Waals surface area contributed by atoms with E-state index in [0.29, 0.717) is 6.04 Å². The number of thioether (sulfide) groups is 1. The summed E-state index contributed by atoms with van der Waals surface area (Å²) < 4.78 is 0. The van der Waals surface area contributed by atoms with Crippen LogP contribution in [0.5, 0.6) is 0 Å². The molecule has 2 aliphatic rings. The third kappa shape index (κ3) is 2.39. The quantitative estimate of drug-likeness (QED) is 0.858. The molecule has 1 amide bonds. The van der Waals surface area contributed by atoms with E-state index in [0.717, 1.165) is 19.3 Å². The van der Waals surface area contributed by atoms with Crippen molar-refractivity contribution in [1.29, 1.82) is 0 Å². The summed E-state index contributed by atoms with van der Waals surface area (Å²) in [6.45, 7) is 2.07. The maximum absolute atomic E-state index is 12.4. The van der Waals surface area contributed by atoms with Crippen LogP contribution in [0.15, 0.2) is 29.2 Å². The molecule has 1 N–H and O–H groups in total. The normalized spacial score (nSPS) is 27.1. The van der Waals surface area contributed by atoms with Gasteiger partial charge in [-0.2, -0.15) is 0 Å². The first kappa shape index (κ1) is 13.0. The first-order chi connectivity index (χ1) is 9.24. The van der Waals surface area contributed by atoms with E-state index in [1.165, 1.54) is 10.5 Å². The third-order valence-electron chi connectivity index (χ3n) is 3.97. The van der Waals surface area contributed by atoms with Gasteiger partial charge in [-0.25, -0.2) is 0 Å². The summed E-state index contributed by atoms with van der Waals surface area (Å²) in [5.74, 6) is 0.281. The van der Waals surface area contributed by atoms with Crippen molar-refractivity contribution in [3.05, 3.63) is 29.8 Å². The molecule has 2 atom stereocenters. The molecule has 0 spiro atoms. The van der Waals surface area contributed by atoms with Gasteiger partial charge in [0.2, 0.25) is 5.91 Å². The molecule has 0 aromatic heterocycles. The Morgan fingerprint density at radius 2 is 2.00 bits per heavy atom. The lowest BCUT2D eigenvalue weighted by molar-refractivity contribution is -0.130. The highest BCUT2D eigenvalue weighted by Gasteiger charge is 2.45. The fourth-order valence-corrected chi connectivity index (χ4v) is 3.14. The van der Waals surface area contributed by atoms with Crippen molar-refractivity contribution in [1.82, 2.24) is 10.2 Å². The average Bonchev–Trinajstić information content (AvgIpc) is 3.23. The SMILES string of the molecule is CCC1NC(c2ccc(SC)cc2)N(C2CC2)C1=O. The second-order valence-electron chi connectivity index (χ2n) is 5.28. The van der Waals surface area contributed by atoms with Gasteiger partial charge in [-0.05, 0) is 43.2 Å². The molecule has 1 aromatic rings. The fourth-order valence-electron chi connectivity index (χ4n) is 2.73. The highest BCUT2D eigenvalue weighted by Crippen LogP contribution is 2.37. The van der Waals surface area contributed by atoms with Crippen LogP contribution in [0.2, 0.25) is 0 Å². The largest absolute Gasteiger partial charge is 0.319 e. The summed E-state index contributed by atoms with van der Waals surface area (Å²) in [6.07, 6.45) is 5.32. The van der Waals surface area contributed by atoms with Gasteiger partial charge in [0.1, 0.15) is 6.17 Å². The van der Waals surface area contributed by atoms with E-state index < -0.39 is 0 Å². The number of amides is 1. The van der Waals surface area contributed by atoms with Gasteiger partial charge in [-0.3, -0.25) is 10.1 Å². The monoisotopic (exact) mass is 276 g/mol. The van der Waals surface area contributed by atoms with Crippen molar-refractivity contribution < 1.29 is 4.79 Å². The molecular formula is C15H20N2OS. The minimum Gasteiger partial charge on any atom is -0.319 e. The molecule has 1 saturated heterocycles. The fraction of sp³-hybridized carbons (Fsp3) is 0.533. The molecule has 19 heavy (non-hydrogen) atoms. The van der Waals surface area contributed by atoms with Gasteiger partial charge in [0.25, 0.3) is 0 Å². The first-order valence-electron chi connectivity index (χ1n) is 6.96. The zero-order valence-corrected chi connectivity index (χ0v) is 12.2. The second kappa shape index (κ2) is 5.17. The Balaban J connectivity index is 1.86. The Morgan fingerprint density at radius 3 is 2.53 bits per heavy atom. The summed E-state index contributed by atoms with van der Waals surface area (Å²) in [5, 5.41) is 3.49. The summed E-state index contributed by atoms with van der Waals surface area (Å²) in [6, 6.07) is 9.01. The molecule has 0 bridgehead atoms. The van der Waals surface area contributed by atoms with Gasteiger partial charge in [0.15, 0.2) is 0 Å². The number of hydrogen-bond acceptors (Lipinski definition) is 3. The van der Waals surface area contributed by atoms with Crippen molar-refractivity contribution >= 4 is 17.7 Å². The standard InChI is InChI=1S/C15H20N2OS/c1-3-13-15(18)17(11-6-7-11)14(16-13)10-4-8-12(19-2)9-5-10/h4-5,8-9,11,13-14,16H,3,6-7H2,1-2H3. The van der Waals surface area contributed by atoms with Crippen molar-refractivity contribution in [3.8, 4) is 0 Å². The van der Waals surface area contributed by atoms with Crippen LogP contribution in [0.1, 0.15) is 37.9 Å². The highest BCUT2D eigenvalue weighted by molar-refractivity contribution is 7.98. The topological polar surface area (TPSA) is 32.3 Å². The van der Waals surface area contributed by atoms with E-state index in [2.05, 4.69) is 47.7 Å². The Bertz CT molecular complexity index is 470. The molecular weight excluding hydrogens is 256 g/mol. The lowest BCUT2D eigenvalue weighted by atomic mass is 10.1. The van der Waals surface area contributed by atoms with Crippen LogP contribution in [0.3, 0.4) is 0 Å². The molecule has 1 aliphatic heterocycles. The van der Waals surface area contributed by atoms with E-state index in [9.17, 15) is 4.79 Å². The molecule has 102 valence electrons. The lowest BCUT2D eigenvalue weighted by Gasteiger charge is -2.24. The third-order valence-corrected chi connectivity index (χ3v) is 4.71. The van der Waals surface area contributed by atoms with Gasteiger partial charge >= 0.3 is 0 Å². The molecule has 3 rings (SSSR count). The summed E-state index contributed by atoms with van der Waals surface area (Å²) in [5.41, 5.74) is 1.20. The van der Waals surface area contributed by atoms with Crippen molar-refractivity contribution in [2.24, 2.45) is 0 Å². The van der Waals surface area contributed by atoms with Gasteiger partial charge in [-0.15, -0.1) is 11.8 Å². The molecule has 2 unspecified atom stereocenters. The van der Waals surface area contributed by atoms with Crippen molar-refractivity contribution in [2.75, 3.05) is 6.26 Å². The summed E-state index contributed by atoms with van der Waals surface area (Å²) in [7, 11) is 0. The molecule has 1 saturated carbocycles. The van der Waals surface area contributed by atoms with E-state index >= 15 is 0 Å². The zero-order valence-electron chi connectivity index (χ0n) is 11.4. The first-order valence-corrected chi connectivity index (χ1v) is 8.19.